The molecule has 1 aromatic heterocycles. The number of ether oxygens (including phenoxy) is 1. The van der Waals surface area contributed by atoms with Gasteiger partial charge in [0, 0.05) is 15.0 Å². The van der Waals surface area contributed by atoms with E-state index < -0.39 is 0 Å². The van der Waals surface area contributed by atoms with Crippen LogP contribution in [0, 0.1) is 0 Å². The van der Waals surface area contributed by atoms with Crippen molar-refractivity contribution in [3.05, 3.63) is 45.1 Å². The molecule has 1 aromatic carbocycles. The van der Waals surface area contributed by atoms with Crippen molar-refractivity contribution in [2.45, 2.75) is 6.61 Å². The van der Waals surface area contributed by atoms with E-state index in [2.05, 4.69) is 21.2 Å². The molecule has 0 fully saturated rings. The Bertz CT molecular complexity index is 558. The summed E-state index contributed by atoms with van der Waals surface area (Å²) < 4.78 is 6.08. The van der Waals surface area contributed by atoms with E-state index in [1.165, 1.54) is 0 Å². The molecule has 1 amide bonds. The van der Waals surface area contributed by atoms with E-state index in [1.54, 1.807) is 29.5 Å². The molecule has 2 rings (SSSR count). The first-order valence-electron chi connectivity index (χ1n) is 5.60. The van der Waals surface area contributed by atoms with Gasteiger partial charge in [0.05, 0.1) is 12.3 Å². The number of benzene rings is 1. The summed E-state index contributed by atoms with van der Waals surface area (Å²) in [6.07, 6.45) is 0. The first kappa shape index (κ1) is 14.0. The molecule has 0 saturated heterocycles. The Morgan fingerprint density at radius 3 is 2.95 bits per heavy atom. The van der Waals surface area contributed by atoms with Crippen LogP contribution in [0.3, 0.4) is 0 Å². The predicted molar refractivity (Wildman–Crippen MR) is 81.2 cm³/mol. The number of hydrogen-bond donors (Lipinski definition) is 2. The number of halogens is 1. The highest BCUT2D eigenvalue weighted by Crippen LogP contribution is 2.24. The molecule has 0 unspecified atom stereocenters. The van der Waals surface area contributed by atoms with Gasteiger partial charge in [-0.1, -0.05) is 6.07 Å². The number of thiophene rings is 1. The van der Waals surface area contributed by atoms with Crippen molar-refractivity contribution in [3.8, 4) is 0 Å². The Labute approximate surface area is 123 Å². The molecule has 3 N–H and O–H groups in total. The van der Waals surface area contributed by atoms with Gasteiger partial charge in [-0.15, -0.1) is 11.3 Å². The molecule has 0 aliphatic rings. The van der Waals surface area contributed by atoms with Gasteiger partial charge in [-0.3, -0.25) is 4.79 Å². The Kier molecular flexibility index (Phi) is 4.95. The third-order valence-corrected chi connectivity index (χ3v) is 3.83. The maximum atomic E-state index is 11.7. The van der Waals surface area contributed by atoms with Crippen LogP contribution < -0.4 is 11.1 Å². The van der Waals surface area contributed by atoms with Gasteiger partial charge in [0.1, 0.15) is 6.61 Å². The first-order valence-corrected chi connectivity index (χ1v) is 7.27. The maximum Gasteiger partial charge on any atom is 0.250 e. The molecule has 0 spiro atoms. The van der Waals surface area contributed by atoms with Crippen LogP contribution in [0.4, 0.5) is 11.4 Å². The number of rotatable bonds is 5. The molecule has 100 valence electrons. The fourth-order valence-corrected chi connectivity index (χ4v) is 2.59. The summed E-state index contributed by atoms with van der Waals surface area (Å²) in [4.78, 5) is 12.8. The van der Waals surface area contributed by atoms with Gasteiger partial charge >= 0.3 is 0 Å². The molecule has 19 heavy (non-hydrogen) atoms. The molecule has 1 heterocycles. The second kappa shape index (κ2) is 6.70. The molecule has 0 aliphatic carbocycles. The van der Waals surface area contributed by atoms with Crippen LogP contribution in [0.2, 0.25) is 0 Å². The minimum absolute atomic E-state index is 0.0225. The number of carbonyl (C=O) groups is 1. The smallest absolute Gasteiger partial charge is 0.250 e. The largest absolute Gasteiger partial charge is 0.399 e. The Balaban J connectivity index is 1.80. The maximum absolute atomic E-state index is 11.7. The lowest BCUT2D eigenvalue weighted by molar-refractivity contribution is -0.120. The molecule has 0 bridgehead atoms. The molecular weight excluding hydrogens is 328 g/mol. The highest BCUT2D eigenvalue weighted by molar-refractivity contribution is 9.10. The Morgan fingerprint density at radius 1 is 1.42 bits per heavy atom. The molecule has 0 radical (unpaired) electrons. The minimum Gasteiger partial charge on any atom is -0.399 e. The van der Waals surface area contributed by atoms with Crippen LogP contribution in [0.15, 0.2) is 40.2 Å². The van der Waals surface area contributed by atoms with Gasteiger partial charge in [0.15, 0.2) is 0 Å². The quantitative estimate of drug-likeness (QED) is 0.821. The van der Waals surface area contributed by atoms with E-state index in [9.17, 15) is 4.79 Å². The second-order valence-electron chi connectivity index (χ2n) is 3.86. The Hall–Kier alpha value is -1.37. The summed E-state index contributed by atoms with van der Waals surface area (Å²) in [6.45, 7) is 0.475. The lowest BCUT2D eigenvalue weighted by atomic mass is 10.3. The van der Waals surface area contributed by atoms with Gasteiger partial charge in [0.2, 0.25) is 5.91 Å². The topological polar surface area (TPSA) is 64.3 Å². The fourth-order valence-electron chi connectivity index (χ4n) is 1.46. The van der Waals surface area contributed by atoms with E-state index in [-0.39, 0.29) is 12.5 Å². The van der Waals surface area contributed by atoms with Crippen molar-refractivity contribution in [2.24, 2.45) is 0 Å². The van der Waals surface area contributed by atoms with Gasteiger partial charge in [-0.25, -0.2) is 0 Å². The van der Waals surface area contributed by atoms with E-state index in [4.69, 9.17) is 10.5 Å². The summed E-state index contributed by atoms with van der Waals surface area (Å²) in [5, 5.41) is 4.73. The van der Waals surface area contributed by atoms with Crippen LogP contribution in [0.25, 0.3) is 0 Å². The van der Waals surface area contributed by atoms with Crippen molar-refractivity contribution in [1.29, 1.82) is 0 Å². The lowest BCUT2D eigenvalue weighted by Crippen LogP contribution is -2.18. The molecule has 6 heteroatoms. The Morgan fingerprint density at radius 2 is 2.26 bits per heavy atom. The number of nitrogen functional groups attached to an aromatic ring is 1. The normalized spacial score (nSPS) is 10.4. The van der Waals surface area contributed by atoms with Crippen LogP contribution in [0.5, 0.6) is 0 Å². The predicted octanol–water partition coefficient (Wildman–Crippen LogP) is 3.25. The summed E-state index contributed by atoms with van der Waals surface area (Å²) in [6, 6.07) is 9.14. The monoisotopic (exact) mass is 340 g/mol. The van der Waals surface area contributed by atoms with E-state index in [1.807, 2.05) is 17.5 Å². The summed E-state index contributed by atoms with van der Waals surface area (Å²) >= 11 is 4.95. The third kappa shape index (κ3) is 4.34. The zero-order chi connectivity index (χ0) is 13.7. The van der Waals surface area contributed by atoms with E-state index >= 15 is 0 Å². The number of amides is 1. The number of anilines is 2. The molecule has 0 aliphatic heterocycles. The number of nitrogens with one attached hydrogen (secondary N) is 1. The van der Waals surface area contributed by atoms with E-state index in [0.29, 0.717) is 18.0 Å². The molecule has 0 saturated carbocycles. The van der Waals surface area contributed by atoms with Gasteiger partial charge in [0.25, 0.3) is 0 Å². The minimum atomic E-state index is -0.193. The average molecular weight is 341 g/mol. The van der Waals surface area contributed by atoms with Crippen LogP contribution >= 0.6 is 27.3 Å². The first-order chi connectivity index (χ1) is 9.15. The van der Waals surface area contributed by atoms with Crippen molar-refractivity contribution < 1.29 is 9.53 Å². The van der Waals surface area contributed by atoms with Crippen LogP contribution in [0.1, 0.15) is 4.88 Å². The van der Waals surface area contributed by atoms with Crippen molar-refractivity contribution >= 4 is 44.5 Å². The van der Waals surface area contributed by atoms with Crippen molar-refractivity contribution in [1.82, 2.24) is 0 Å². The van der Waals surface area contributed by atoms with Gasteiger partial charge in [-0.2, -0.15) is 0 Å². The number of nitrogens with two attached hydrogens (primary N) is 1. The molecular formula is C13H13BrN2O2S. The lowest BCUT2D eigenvalue weighted by Gasteiger charge is -2.08. The van der Waals surface area contributed by atoms with Crippen molar-refractivity contribution in [2.75, 3.05) is 17.7 Å². The van der Waals surface area contributed by atoms with Crippen LogP contribution in [-0.2, 0) is 16.1 Å². The average Bonchev–Trinajstić information content (AvgIpc) is 2.86. The highest BCUT2D eigenvalue weighted by Gasteiger charge is 2.06. The molecule has 0 atom stereocenters. The van der Waals surface area contributed by atoms with Gasteiger partial charge in [-0.05, 0) is 45.6 Å². The zero-order valence-electron chi connectivity index (χ0n) is 10.1. The second-order valence-corrected chi connectivity index (χ2v) is 5.75. The summed E-state index contributed by atoms with van der Waals surface area (Å²) in [5.41, 5.74) is 6.94. The molecule has 2 aromatic rings. The van der Waals surface area contributed by atoms with Gasteiger partial charge < -0.3 is 15.8 Å². The third-order valence-electron chi connectivity index (χ3n) is 2.32. The fraction of sp³-hybridized carbons (Fsp3) is 0.154. The summed E-state index contributed by atoms with van der Waals surface area (Å²) in [7, 11) is 0. The number of hydrogen-bond acceptors (Lipinski definition) is 4. The van der Waals surface area contributed by atoms with Crippen LogP contribution in [-0.4, -0.2) is 12.5 Å². The standard InChI is InChI=1S/C13H13BrN2O2S/c14-11-6-9(15)3-4-12(11)16-13(17)8-18-7-10-2-1-5-19-10/h1-6H,7-8,15H2,(H,16,17). The summed E-state index contributed by atoms with van der Waals surface area (Å²) in [5.74, 6) is -0.193. The highest BCUT2D eigenvalue weighted by atomic mass is 79.9. The number of carbonyl (C=O) groups excluding carboxylic acids is 1. The van der Waals surface area contributed by atoms with E-state index in [0.717, 1.165) is 9.35 Å². The molecule has 4 nitrogen and oxygen atoms in total. The van der Waals surface area contributed by atoms with Crippen molar-refractivity contribution in [3.63, 3.8) is 0 Å². The SMILES string of the molecule is Nc1ccc(NC(=O)COCc2cccs2)c(Br)c1. The zero-order valence-corrected chi connectivity index (χ0v) is 12.5.